The summed E-state index contributed by atoms with van der Waals surface area (Å²) in [5.74, 6) is 0. The van der Waals surface area contributed by atoms with Crippen LogP contribution < -0.4 is 5.32 Å². The van der Waals surface area contributed by atoms with Crippen molar-refractivity contribution in [1.29, 1.82) is 0 Å². The fourth-order valence-electron chi connectivity index (χ4n) is 2.01. The minimum Gasteiger partial charge on any atom is -0.392 e. The molecule has 0 radical (unpaired) electrons. The summed E-state index contributed by atoms with van der Waals surface area (Å²) in [6, 6.07) is 14.4. The predicted octanol–water partition coefficient (Wildman–Crippen LogP) is 2.42. The van der Waals surface area contributed by atoms with Crippen LogP contribution in [0.2, 0.25) is 0 Å². The minimum absolute atomic E-state index is 0.0633. The van der Waals surface area contributed by atoms with Crippen LogP contribution in [-0.2, 0) is 19.6 Å². The number of nitro groups is 1. The SMILES string of the molecule is O=[N+]([O-])c1ccc(CCNCc2ccc(CO)cc2)cc1. The van der Waals surface area contributed by atoms with Gasteiger partial charge in [-0.1, -0.05) is 36.4 Å². The number of hydrogen-bond acceptors (Lipinski definition) is 4. The zero-order chi connectivity index (χ0) is 15.1. The third kappa shape index (κ3) is 4.66. The molecule has 0 heterocycles. The Morgan fingerprint density at radius 2 is 1.52 bits per heavy atom. The molecule has 5 nitrogen and oxygen atoms in total. The van der Waals surface area contributed by atoms with Gasteiger partial charge in [0.15, 0.2) is 0 Å². The summed E-state index contributed by atoms with van der Waals surface area (Å²) in [7, 11) is 0. The molecule has 0 bridgehead atoms. The van der Waals surface area contributed by atoms with Crippen LogP contribution in [0, 0.1) is 10.1 Å². The maximum Gasteiger partial charge on any atom is 0.269 e. The van der Waals surface area contributed by atoms with Crippen molar-refractivity contribution in [3.63, 3.8) is 0 Å². The molecule has 0 aromatic heterocycles. The van der Waals surface area contributed by atoms with E-state index >= 15 is 0 Å². The van der Waals surface area contributed by atoms with Crippen molar-refractivity contribution in [2.45, 2.75) is 19.6 Å². The smallest absolute Gasteiger partial charge is 0.269 e. The lowest BCUT2D eigenvalue weighted by Crippen LogP contribution is -2.16. The number of nitro benzene ring substituents is 1. The monoisotopic (exact) mass is 286 g/mol. The molecule has 21 heavy (non-hydrogen) atoms. The lowest BCUT2D eigenvalue weighted by atomic mass is 10.1. The van der Waals surface area contributed by atoms with Crippen molar-refractivity contribution in [2.24, 2.45) is 0 Å². The average Bonchev–Trinajstić information content (AvgIpc) is 2.52. The molecule has 0 saturated heterocycles. The van der Waals surface area contributed by atoms with Gasteiger partial charge in [-0.25, -0.2) is 0 Å². The van der Waals surface area contributed by atoms with Crippen LogP contribution in [0.1, 0.15) is 16.7 Å². The molecule has 0 fully saturated rings. The summed E-state index contributed by atoms with van der Waals surface area (Å²) in [6.07, 6.45) is 0.826. The Morgan fingerprint density at radius 1 is 0.952 bits per heavy atom. The van der Waals surface area contributed by atoms with Gasteiger partial charge in [0, 0.05) is 18.7 Å². The molecule has 0 saturated carbocycles. The second-order valence-electron chi connectivity index (χ2n) is 4.82. The van der Waals surface area contributed by atoms with Crippen molar-refractivity contribution >= 4 is 5.69 Å². The largest absolute Gasteiger partial charge is 0.392 e. The molecule has 2 rings (SSSR count). The highest BCUT2D eigenvalue weighted by Gasteiger charge is 2.03. The van der Waals surface area contributed by atoms with Gasteiger partial charge in [-0.3, -0.25) is 10.1 Å². The van der Waals surface area contributed by atoms with Gasteiger partial charge < -0.3 is 10.4 Å². The van der Waals surface area contributed by atoms with Crippen LogP contribution in [0.3, 0.4) is 0 Å². The van der Waals surface area contributed by atoms with E-state index in [1.807, 2.05) is 24.3 Å². The van der Waals surface area contributed by atoms with Crippen molar-refractivity contribution in [2.75, 3.05) is 6.54 Å². The number of aliphatic hydroxyl groups excluding tert-OH is 1. The van der Waals surface area contributed by atoms with Crippen LogP contribution in [0.4, 0.5) is 5.69 Å². The van der Waals surface area contributed by atoms with E-state index in [0.717, 1.165) is 36.2 Å². The zero-order valence-electron chi connectivity index (χ0n) is 11.7. The molecular weight excluding hydrogens is 268 g/mol. The molecule has 2 aromatic carbocycles. The van der Waals surface area contributed by atoms with Gasteiger partial charge in [-0.05, 0) is 29.7 Å². The maximum atomic E-state index is 10.6. The van der Waals surface area contributed by atoms with E-state index in [0.29, 0.717) is 0 Å². The first-order valence-electron chi connectivity index (χ1n) is 6.82. The highest BCUT2D eigenvalue weighted by Crippen LogP contribution is 2.12. The van der Waals surface area contributed by atoms with E-state index in [2.05, 4.69) is 5.32 Å². The Balaban J connectivity index is 1.74. The van der Waals surface area contributed by atoms with E-state index in [9.17, 15) is 10.1 Å². The van der Waals surface area contributed by atoms with Gasteiger partial charge in [0.2, 0.25) is 0 Å². The van der Waals surface area contributed by atoms with E-state index in [1.54, 1.807) is 12.1 Å². The van der Waals surface area contributed by atoms with Crippen LogP contribution in [0.15, 0.2) is 48.5 Å². The number of non-ortho nitro benzene ring substituents is 1. The van der Waals surface area contributed by atoms with Gasteiger partial charge in [0.05, 0.1) is 11.5 Å². The lowest BCUT2D eigenvalue weighted by molar-refractivity contribution is -0.384. The van der Waals surface area contributed by atoms with Crippen molar-refractivity contribution in [3.05, 3.63) is 75.3 Å². The second kappa shape index (κ2) is 7.52. The molecule has 0 atom stereocenters. The first kappa shape index (κ1) is 15.2. The molecule has 0 aliphatic carbocycles. The third-order valence-electron chi connectivity index (χ3n) is 3.27. The fourth-order valence-corrected chi connectivity index (χ4v) is 2.01. The third-order valence-corrected chi connectivity index (χ3v) is 3.27. The number of benzene rings is 2. The molecule has 2 N–H and O–H groups in total. The van der Waals surface area contributed by atoms with Crippen LogP contribution in [0.5, 0.6) is 0 Å². The van der Waals surface area contributed by atoms with Crippen LogP contribution in [-0.4, -0.2) is 16.6 Å². The number of hydrogen-bond donors (Lipinski definition) is 2. The zero-order valence-corrected chi connectivity index (χ0v) is 11.7. The molecule has 0 aliphatic rings. The Bertz CT molecular complexity index is 579. The van der Waals surface area contributed by atoms with E-state index in [1.165, 1.54) is 12.1 Å². The van der Waals surface area contributed by atoms with Crippen LogP contribution in [0.25, 0.3) is 0 Å². The average molecular weight is 286 g/mol. The van der Waals surface area contributed by atoms with E-state index in [4.69, 9.17) is 5.11 Å². The second-order valence-corrected chi connectivity index (χ2v) is 4.82. The highest BCUT2D eigenvalue weighted by molar-refractivity contribution is 5.33. The Morgan fingerprint density at radius 3 is 2.10 bits per heavy atom. The quantitative estimate of drug-likeness (QED) is 0.465. The summed E-state index contributed by atoms with van der Waals surface area (Å²) in [5.41, 5.74) is 3.26. The van der Waals surface area contributed by atoms with E-state index < -0.39 is 4.92 Å². The van der Waals surface area contributed by atoms with Gasteiger partial charge in [-0.15, -0.1) is 0 Å². The van der Waals surface area contributed by atoms with Crippen molar-refractivity contribution in [1.82, 2.24) is 5.32 Å². The van der Waals surface area contributed by atoms with Crippen molar-refractivity contribution in [3.8, 4) is 0 Å². The van der Waals surface area contributed by atoms with E-state index in [-0.39, 0.29) is 12.3 Å². The summed E-state index contributed by atoms with van der Waals surface area (Å²) in [6.45, 7) is 1.63. The van der Waals surface area contributed by atoms with Gasteiger partial charge in [0.25, 0.3) is 5.69 Å². The Kier molecular flexibility index (Phi) is 5.43. The molecule has 0 amide bonds. The van der Waals surface area contributed by atoms with Crippen LogP contribution >= 0.6 is 0 Å². The number of rotatable bonds is 7. The summed E-state index contributed by atoms with van der Waals surface area (Å²) in [4.78, 5) is 10.2. The highest BCUT2D eigenvalue weighted by atomic mass is 16.6. The first-order chi connectivity index (χ1) is 10.2. The van der Waals surface area contributed by atoms with Crippen molar-refractivity contribution < 1.29 is 10.0 Å². The minimum atomic E-state index is -0.391. The van der Waals surface area contributed by atoms with Gasteiger partial charge >= 0.3 is 0 Å². The molecule has 110 valence electrons. The normalized spacial score (nSPS) is 10.5. The summed E-state index contributed by atoms with van der Waals surface area (Å²) in [5, 5.41) is 22.8. The molecule has 0 spiro atoms. The summed E-state index contributed by atoms with van der Waals surface area (Å²) < 4.78 is 0. The topological polar surface area (TPSA) is 75.4 Å². The molecule has 0 aliphatic heterocycles. The van der Waals surface area contributed by atoms with Gasteiger partial charge in [-0.2, -0.15) is 0 Å². The first-order valence-corrected chi connectivity index (χ1v) is 6.82. The summed E-state index contributed by atoms with van der Waals surface area (Å²) >= 11 is 0. The molecule has 0 unspecified atom stereocenters. The fraction of sp³-hybridized carbons (Fsp3) is 0.250. The Labute approximate surface area is 123 Å². The standard InChI is InChI=1S/C16H18N2O3/c19-12-15-3-1-14(2-4-15)11-17-10-9-13-5-7-16(8-6-13)18(20)21/h1-8,17,19H,9-12H2. The molecular formula is C16H18N2O3. The number of aliphatic hydroxyl groups is 1. The van der Waals surface area contributed by atoms with Gasteiger partial charge in [0.1, 0.15) is 0 Å². The molecule has 5 heteroatoms. The predicted molar refractivity (Wildman–Crippen MR) is 80.9 cm³/mol. The maximum absolute atomic E-state index is 10.6. The number of nitrogens with one attached hydrogen (secondary N) is 1. The Hall–Kier alpha value is -2.24. The number of nitrogens with zero attached hydrogens (tertiary/aromatic N) is 1. The lowest BCUT2D eigenvalue weighted by Gasteiger charge is -2.06. The molecule has 2 aromatic rings.